The number of benzene rings is 1. The van der Waals surface area contributed by atoms with Crippen LogP contribution in [0.15, 0.2) is 36.5 Å². The molecule has 0 aliphatic carbocycles. The van der Waals surface area contributed by atoms with Gasteiger partial charge < -0.3 is 14.4 Å². The van der Waals surface area contributed by atoms with Gasteiger partial charge >= 0.3 is 5.97 Å². The summed E-state index contributed by atoms with van der Waals surface area (Å²) < 4.78 is 38.7. The Kier molecular flexibility index (Phi) is 7.02. The lowest BCUT2D eigenvalue weighted by Crippen LogP contribution is -2.41. The van der Waals surface area contributed by atoms with Crippen molar-refractivity contribution in [1.29, 1.82) is 0 Å². The monoisotopic (exact) mass is 418 g/mol. The van der Waals surface area contributed by atoms with Crippen molar-refractivity contribution in [1.82, 2.24) is 9.88 Å². The summed E-state index contributed by atoms with van der Waals surface area (Å²) in [6.45, 7) is 5.73. The maximum atomic E-state index is 14.5. The first-order valence-corrected chi connectivity index (χ1v) is 10.1. The lowest BCUT2D eigenvalue weighted by atomic mass is 9.97. The molecule has 1 fully saturated rings. The topological polar surface area (TPSA) is 51.7 Å². The molecule has 30 heavy (non-hydrogen) atoms. The van der Waals surface area contributed by atoms with Gasteiger partial charge in [-0.2, -0.15) is 0 Å². The van der Waals surface area contributed by atoms with Crippen LogP contribution in [0.3, 0.4) is 0 Å². The lowest BCUT2D eigenvalue weighted by molar-refractivity contribution is 0.0594. The van der Waals surface area contributed by atoms with E-state index in [0.717, 1.165) is 25.9 Å². The van der Waals surface area contributed by atoms with Gasteiger partial charge in [-0.1, -0.05) is 12.1 Å². The van der Waals surface area contributed by atoms with Gasteiger partial charge in [0.25, 0.3) is 0 Å². The minimum atomic E-state index is -1.19. The molecule has 2 heterocycles. The number of carbonyl (C=O) groups excluding carboxylic acids is 1. The van der Waals surface area contributed by atoms with Crippen molar-refractivity contribution in [3.8, 4) is 16.9 Å². The van der Waals surface area contributed by atoms with Crippen molar-refractivity contribution in [2.24, 2.45) is 5.92 Å². The van der Waals surface area contributed by atoms with Crippen molar-refractivity contribution in [3.63, 3.8) is 0 Å². The van der Waals surface area contributed by atoms with Crippen LogP contribution in [0.5, 0.6) is 5.75 Å². The largest absolute Gasteiger partial charge is 0.490 e. The van der Waals surface area contributed by atoms with Crippen LogP contribution in [0.25, 0.3) is 11.1 Å². The van der Waals surface area contributed by atoms with Crippen molar-refractivity contribution < 1.29 is 23.0 Å². The molecule has 7 heteroatoms. The highest BCUT2D eigenvalue weighted by Gasteiger charge is 2.25. The Balaban J connectivity index is 1.54. The number of aromatic nitrogens is 1. The van der Waals surface area contributed by atoms with E-state index in [0.29, 0.717) is 30.2 Å². The third kappa shape index (κ3) is 5.98. The predicted octanol–water partition coefficient (Wildman–Crippen LogP) is 4.51. The Hall–Kier alpha value is -2.54. The molecule has 0 spiro atoms. The summed E-state index contributed by atoms with van der Waals surface area (Å²) in [7, 11) is 1.29. The number of rotatable bonds is 7. The van der Waals surface area contributed by atoms with Crippen LogP contribution in [0.1, 0.15) is 37.2 Å². The standard InChI is InChI=1S/C23H28F2N2O3/c1-23(2,25)15-27-10-8-16(9-11-27)14-30-21-7-5-17(12-19(21)24)18-4-6-20(26-13-18)22(28)29-3/h4-7,12-13,16H,8-11,14-15H2,1-3H3. The molecule has 0 unspecified atom stereocenters. The number of hydrogen-bond acceptors (Lipinski definition) is 5. The minimum Gasteiger partial charge on any atom is -0.490 e. The Bertz CT molecular complexity index is 858. The fraction of sp³-hybridized carbons (Fsp3) is 0.478. The quantitative estimate of drug-likeness (QED) is 0.619. The first-order valence-electron chi connectivity index (χ1n) is 10.1. The van der Waals surface area contributed by atoms with E-state index >= 15 is 0 Å². The molecule has 0 saturated carbocycles. The van der Waals surface area contributed by atoms with E-state index in [1.165, 1.54) is 19.4 Å². The third-order valence-corrected chi connectivity index (χ3v) is 5.20. The Labute approximate surface area is 176 Å². The van der Waals surface area contributed by atoms with Gasteiger partial charge in [-0.3, -0.25) is 0 Å². The van der Waals surface area contributed by atoms with E-state index in [9.17, 15) is 13.6 Å². The fourth-order valence-electron chi connectivity index (χ4n) is 3.64. The summed E-state index contributed by atoms with van der Waals surface area (Å²) in [6.07, 6.45) is 3.33. The molecule has 0 amide bonds. The maximum Gasteiger partial charge on any atom is 0.356 e. The van der Waals surface area contributed by atoms with Crippen molar-refractivity contribution in [2.75, 3.05) is 33.4 Å². The molecule has 0 N–H and O–H groups in total. The number of likely N-dealkylation sites (tertiary alicyclic amines) is 1. The second kappa shape index (κ2) is 9.51. The second-order valence-corrected chi connectivity index (χ2v) is 8.32. The number of ether oxygens (including phenoxy) is 2. The van der Waals surface area contributed by atoms with Crippen LogP contribution in [0.4, 0.5) is 8.78 Å². The molecule has 1 aliphatic heterocycles. The first-order chi connectivity index (χ1) is 14.2. The molecule has 1 aromatic heterocycles. The van der Waals surface area contributed by atoms with Gasteiger partial charge in [0.1, 0.15) is 11.4 Å². The van der Waals surface area contributed by atoms with E-state index in [1.807, 2.05) is 0 Å². The van der Waals surface area contributed by atoms with Gasteiger partial charge in [-0.25, -0.2) is 18.6 Å². The molecule has 3 rings (SSSR count). The number of esters is 1. The zero-order valence-corrected chi connectivity index (χ0v) is 17.7. The fourth-order valence-corrected chi connectivity index (χ4v) is 3.64. The zero-order valence-electron chi connectivity index (χ0n) is 17.7. The van der Waals surface area contributed by atoms with Crippen molar-refractivity contribution in [3.05, 3.63) is 48.0 Å². The molecule has 1 aliphatic rings. The normalized spacial score (nSPS) is 15.8. The molecule has 0 radical (unpaired) electrons. The van der Waals surface area contributed by atoms with Crippen molar-refractivity contribution in [2.45, 2.75) is 32.4 Å². The SMILES string of the molecule is COC(=O)c1ccc(-c2ccc(OCC3CCN(CC(C)(C)F)CC3)c(F)c2)cn1. The van der Waals surface area contributed by atoms with E-state index < -0.39 is 17.5 Å². The lowest BCUT2D eigenvalue weighted by Gasteiger charge is -2.34. The summed E-state index contributed by atoms with van der Waals surface area (Å²) in [5, 5.41) is 0. The number of hydrogen-bond donors (Lipinski definition) is 0. The van der Waals surface area contributed by atoms with Crippen LogP contribution < -0.4 is 4.74 Å². The Morgan fingerprint density at radius 3 is 2.47 bits per heavy atom. The Morgan fingerprint density at radius 1 is 1.20 bits per heavy atom. The number of nitrogens with zero attached hydrogens (tertiary/aromatic N) is 2. The molecule has 5 nitrogen and oxygen atoms in total. The molecule has 162 valence electrons. The molecular formula is C23H28F2N2O3. The average Bonchev–Trinajstić information content (AvgIpc) is 2.72. The first kappa shape index (κ1) is 22.2. The van der Waals surface area contributed by atoms with Crippen LogP contribution in [-0.2, 0) is 4.74 Å². The molecule has 0 atom stereocenters. The highest BCUT2D eigenvalue weighted by molar-refractivity contribution is 5.87. The zero-order chi connectivity index (χ0) is 21.7. The highest BCUT2D eigenvalue weighted by atomic mass is 19.1. The molecule has 1 saturated heterocycles. The predicted molar refractivity (Wildman–Crippen MR) is 111 cm³/mol. The highest BCUT2D eigenvalue weighted by Crippen LogP contribution is 2.27. The summed E-state index contributed by atoms with van der Waals surface area (Å²) >= 11 is 0. The average molecular weight is 418 g/mol. The summed E-state index contributed by atoms with van der Waals surface area (Å²) in [4.78, 5) is 17.6. The maximum absolute atomic E-state index is 14.5. The van der Waals surface area contributed by atoms with Gasteiger partial charge in [-0.15, -0.1) is 0 Å². The van der Waals surface area contributed by atoms with Crippen LogP contribution in [0.2, 0.25) is 0 Å². The van der Waals surface area contributed by atoms with Crippen LogP contribution in [0, 0.1) is 11.7 Å². The van der Waals surface area contributed by atoms with E-state index in [2.05, 4.69) is 14.6 Å². The molecule has 2 aromatic rings. The number of pyridine rings is 1. The second-order valence-electron chi connectivity index (χ2n) is 8.32. The van der Waals surface area contributed by atoms with Crippen LogP contribution >= 0.6 is 0 Å². The van der Waals surface area contributed by atoms with Gasteiger partial charge in [0.05, 0.1) is 13.7 Å². The summed E-state index contributed by atoms with van der Waals surface area (Å²) in [6, 6.07) is 8.01. The number of piperidine rings is 1. The smallest absolute Gasteiger partial charge is 0.356 e. The molecule has 1 aromatic carbocycles. The van der Waals surface area contributed by atoms with E-state index in [1.54, 1.807) is 38.1 Å². The van der Waals surface area contributed by atoms with Gasteiger partial charge in [-0.05, 0) is 69.5 Å². The van der Waals surface area contributed by atoms with Gasteiger partial charge in [0, 0.05) is 18.3 Å². The van der Waals surface area contributed by atoms with Crippen LogP contribution in [-0.4, -0.2) is 54.9 Å². The third-order valence-electron chi connectivity index (χ3n) is 5.20. The molecule has 0 bridgehead atoms. The number of halogens is 2. The van der Waals surface area contributed by atoms with E-state index in [-0.39, 0.29) is 11.4 Å². The summed E-state index contributed by atoms with van der Waals surface area (Å²) in [5.74, 6) is -0.416. The van der Waals surface area contributed by atoms with Gasteiger partial charge in [0.2, 0.25) is 0 Å². The number of alkyl halides is 1. The van der Waals surface area contributed by atoms with Gasteiger partial charge in [0.15, 0.2) is 11.6 Å². The number of methoxy groups -OCH3 is 1. The number of carbonyl (C=O) groups is 1. The minimum absolute atomic E-state index is 0.197. The van der Waals surface area contributed by atoms with Crippen molar-refractivity contribution >= 4 is 5.97 Å². The molecular weight excluding hydrogens is 390 g/mol. The summed E-state index contributed by atoms with van der Waals surface area (Å²) in [5.41, 5.74) is 0.341. The van der Waals surface area contributed by atoms with E-state index in [4.69, 9.17) is 4.74 Å². The Morgan fingerprint density at radius 2 is 1.90 bits per heavy atom.